The molecule has 3 aliphatic carbocycles. The van der Waals surface area contributed by atoms with Gasteiger partial charge >= 0.3 is 0 Å². The second-order valence-corrected chi connectivity index (χ2v) is 7.31. The van der Waals surface area contributed by atoms with Crippen molar-refractivity contribution in [2.75, 3.05) is 40.4 Å². The molecule has 4 heterocycles. The Morgan fingerprint density at radius 2 is 1.28 bits per heavy atom. The Morgan fingerprint density at radius 1 is 0.889 bits per heavy atom. The van der Waals surface area contributed by atoms with Crippen molar-refractivity contribution in [2.45, 2.75) is 24.9 Å². The van der Waals surface area contributed by atoms with Crippen LogP contribution in [0.4, 0.5) is 0 Å². The molecule has 0 aromatic rings. The van der Waals surface area contributed by atoms with Gasteiger partial charge in [0.25, 0.3) is 0 Å². The van der Waals surface area contributed by atoms with Gasteiger partial charge in [-0.25, -0.2) is 0 Å². The van der Waals surface area contributed by atoms with E-state index in [1.165, 1.54) is 0 Å². The van der Waals surface area contributed by atoms with E-state index in [1.807, 2.05) is 0 Å². The largest absolute Gasteiger partial charge is 0.396 e. The molecule has 7 aliphatic rings. The Labute approximate surface area is 109 Å². The number of hydrogen-bond acceptors (Lipinski definition) is 4. The molecule has 0 aromatic heterocycles. The van der Waals surface area contributed by atoms with Gasteiger partial charge in [-0.3, -0.25) is 0 Å². The highest BCUT2D eigenvalue weighted by molar-refractivity contribution is 5.25. The fourth-order valence-electron chi connectivity index (χ4n) is 6.25. The molecule has 7 rings (SSSR count). The first kappa shape index (κ1) is 11.6. The predicted molar refractivity (Wildman–Crippen MR) is 68.1 cm³/mol. The summed E-state index contributed by atoms with van der Waals surface area (Å²) in [5.74, 6) is 1.17. The third-order valence-corrected chi connectivity index (χ3v) is 7.06. The first-order chi connectivity index (χ1) is 8.59. The monoisotopic (exact) mass is 252 g/mol. The van der Waals surface area contributed by atoms with E-state index in [-0.39, 0.29) is 10.8 Å². The van der Waals surface area contributed by atoms with Crippen LogP contribution in [0.5, 0.6) is 0 Å². The Bertz CT molecular complexity index is 354. The van der Waals surface area contributed by atoms with Crippen molar-refractivity contribution in [3.05, 3.63) is 0 Å². The Morgan fingerprint density at radius 3 is 1.61 bits per heavy atom. The van der Waals surface area contributed by atoms with Gasteiger partial charge in [0.05, 0.1) is 13.2 Å². The van der Waals surface area contributed by atoms with E-state index in [0.29, 0.717) is 37.1 Å². The van der Waals surface area contributed by atoms with Gasteiger partial charge in [0.2, 0.25) is 0 Å². The first-order valence-electron chi connectivity index (χ1n) is 7.21. The lowest BCUT2D eigenvalue weighted by Crippen LogP contribution is -2.83. The van der Waals surface area contributed by atoms with E-state index in [0.717, 1.165) is 25.9 Å². The van der Waals surface area contributed by atoms with Crippen LogP contribution in [-0.2, 0) is 0 Å². The van der Waals surface area contributed by atoms with Gasteiger partial charge in [-0.1, -0.05) is 0 Å². The van der Waals surface area contributed by atoms with E-state index in [2.05, 4.69) is 23.9 Å². The number of rotatable bonds is 2. The molecule has 4 saturated heterocycles. The fraction of sp³-hybridized carbons (Fsp3) is 1.00. The van der Waals surface area contributed by atoms with Gasteiger partial charge in [-0.05, 0) is 38.8 Å². The fourth-order valence-corrected chi connectivity index (χ4v) is 6.25. The molecule has 102 valence electrons. The standard InChI is InChI=1S/C14H24N2O2/c1-15-5-9-10-6-16(2)12-4-13(10,7-17)11(15)3-14(9,12)8-18/h9-12,17-18H,3-8H2,1-2H3/t9-,10+,11+,12-,13-,14+. The summed E-state index contributed by atoms with van der Waals surface area (Å²) in [7, 11) is 4.40. The maximum atomic E-state index is 10.1. The highest BCUT2D eigenvalue weighted by atomic mass is 16.3. The second kappa shape index (κ2) is 3.29. The van der Waals surface area contributed by atoms with Crippen LogP contribution in [0.15, 0.2) is 0 Å². The van der Waals surface area contributed by atoms with Crippen LogP contribution in [0.3, 0.4) is 0 Å². The molecule has 0 aromatic carbocycles. The third kappa shape index (κ3) is 0.974. The summed E-state index contributed by atoms with van der Waals surface area (Å²) in [6.45, 7) is 2.88. The summed E-state index contributed by atoms with van der Waals surface area (Å²) in [6, 6.07) is 0.962. The molecule has 7 fully saturated rings. The van der Waals surface area contributed by atoms with Gasteiger partial charge < -0.3 is 20.0 Å². The highest BCUT2D eigenvalue weighted by Crippen LogP contribution is 2.69. The van der Waals surface area contributed by atoms with Crippen molar-refractivity contribution in [3.8, 4) is 0 Å². The van der Waals surface area contributed by atoms with Crippen LogP contribution >= 0.6 is 0 Å². The van der Waals surface area contributed by atoms with Crippen molar-refractivity contribution in [1.29, 1.82) is 0 Å². The Kier molecular flexibility index (Phi) is 2.13. The third-order valence-electron chi connectivity index (χ3n) is 7.06. The van der Waals surface area contributed by atoms with Gasteiger partial charge in [-0.2, -0.15) is 0 Å². The van der Waals surface area contributed by atoms with Crippen LogP contribution in [0.2, 0.25) is 0 Å². The lowest BCUT2D eigenvalue weighted by atomic mass is 9.37. The van der Waals surface area contributed by atoms with Gasteiger partial charge in [0.15, 0.2) is 0 Å². The summed E-state index contributed by atoms with van der Waals surface area (Å²) < 4.78 is 0. The average Bonchev–Trinajstić information content (AvgIpc) is 2.40. The van der Waals surface area contributed by atoms with Crippen LogP contribution in [0, 0.1) is 22.7 Å². The summed E-state index contributed by atoms with van der Waals surface area (Å²) in [6.07, 6.45) is 2.16. The number of nitrogens with zero attached hydrogens (tertiary/aromatic N) is 2. The predicted octanol–water partition coefficient (Wildman–Crippen LogP) is -0.388. The first-order valence-corrected chi connectivity index (χ1v) is 7.21. The lowest BCUT2D eigenvalue weighted by molar-refractivity contribution is -0.302. The number of hydrogen-bond donors (Lipinski definition) is 2. The van der Waals surface area contributed by atoms with Gasteiger partial charge in [-0.15, -0.1) is 0 Å². The van der Waals surface area contributed by atoms with E-state index in [1.54, 1.807) is 0 Å². The number of aliphatic hydroxyl groups excluding tert-OH is 2. The maximum Gasteiger partial charge on any atom is 0.0506 e. The molecule has 18 heavy (non-hydrogen) atoms. The van der Waals surface area contributed by atoms with Crippen LogP contribution in [-0.4, -0.2) is 72.5 Å². The van der Waals surface area contributed by atoms with Crippen LogP contribution in [0.1, 0.15) is 12.8 Å². The normalized spacial score (nSPS) is 58.7. The minimum atomic E-state index is 0.117. The minimum Gasteiger partial charge on any atom is -0.396 e. The zero-order valence-electron chi connectivity index (χ0n) is 11.3. The molecular weight excluding hydrogens is 228 g/mol. The van der Waals surface area contributed by atoms with Crippen molar-refractivity contribution in [3.63, 3.8) is 0 Å². The summed E-state index contributed by atoms with van der Waals surface area (Å²) in [5, 5.41) is 20.1. The maximum absolute atomic E-state index is 10.1. The molecule has 3 saturated carbocycles. The quantitative estimate of drug-likeness (QED) is 0.703. The topological polar surface area (TPSA) is 46.9 Å². The molecular formula is C14H24N2O2. The number of piperidine rings is 4. The average molecular weight is 252 g/mol. The molecule has 6 atom stereocenters. The molecule has 4 aliphatic heterocycles. The van der Waals surface area contributed by atoms with E-state index >= 15 is 0 Å². The summed E-state index contributed by atoms with van der Waals surface area (Å²) in [4.78, 5) is 4.90. The Hall–Kier alpha value is -0.160. The van der Waals surface area contributed by atoms with Crippen molar-refractivity contribution >= 4 is 0 Å². The molecule has 4 heteroatoms. The molecule has 0 radical (unpaired) electrons. The second-order valence-electron chi connectivity index (χ2n) is 7.31. The molecule has 6 bridgehead atoms. The molecule has 2 N–H and O–H groups in total. The summed E-state index contributed by atoms with van der Waals surface area (Å²) in [5.41, 5.74) is 0.234. The van der Waals surface area contributed by atoms with Crippen LogP contribution < -0.4 is 0 Å². The van der Waals surface area contributed by atoms with Crippen molar-refractivity contribution in [2.24, 2.45) is 22.7 Å². The van der Waals surface area contributed by atoms with Crippen LogP contribution in [0.25, 0.3) is 0 Å². The van der Waals surface area contributed by atoms with E-state index < -0.39 is 0 Å². The number of aliphatic hydroxyl groups is 2. The molecule has 0 spiro atoms. The minimum absolute atomic E-state index is 0.117. The zero-order chi connectivity index (χ0) is 12.7. The Balaban J connectivity index is 1.87. The highest BCUT2D eigenvalue weighted by Gasteiger charge is 2.74. The SMILES string of the molecule is CN1C[C@@H]2[C@@H]3CN(C)[C@@H]4C[C@]3(CO)[C@@H]1C[C@]24CO. The van der Waals surface area contributed by atoms with E-state index in [4.69, 9.17) is 0 Å². The molecule has 4 nitrogen and oxygen atoms in total. The lowest BCUT2D eigenvalue weighted by Gasteiger charge is -2.78. The van der Waals surface area contributed by atoms with Crippen molar-refractivity contribution in [1.82, 2.24) is 9.80 Å². The van der Waals surface area contributed by atoms with Crippen molar-refractivity contribution < 1.29 is 10.2 Å². The van der Waals surface area contributed by atoms with Gasteiger partial charge in [0.1, 0.15) is 0 Å². The molecule has 0 unspecified atom stereocenters. The van der Waals surface area contributed by atoms with E-state index in [9.17, 15) is 10.2 Å². The zero-order valence-corrected chi connectivity index (χ0v) is 11.3. The number of fused-ring (bicyclic) bond motifs is 2. The van der Waals surface area contributed by atoms with Gasteiger partial charge in [0, 0.05) is 36.0 Å². The summed E-state index contributed by atoms with van der Waals surface area (Å²) >= 11 is 0. The molecule has 0 amide bonds. The smallest absolute Gasteiger partial charge is 0.0506 e.